The first-order valence-electron chi connectivity index (χ1n) is 12.5. The molecule has 0 spiro atoms. The van der Waals surface area contributed by atoms with Crippen LogP contribution in [0, 0.1) is 5.82 Å². The van der Waals surface area contributed by atoms with Crippen LogP contribution in [0.5, 0.6) is 0 Å². The first kappa shape index (κ1) is 23.5. The Labute approximate surface area is 220 Å². The van der Waals surface area contributed by atoms with Crippen molar-refractivity contribution in [2.45, 2.75) is 18.9 Å². The van der Waals surface area contributed by atoms with Crippen molar-refractivity contribution in [1.82, 2.24) is 35.0 Å². The Hall–Kier alpha value is -4.57. The first-order valence-corrected chi connectivity index (χ1v) is 12.5. The van der Waals surface area contributed by atoms with E-state index in [1.165, 1.54) is 12.1 Å². The molecule has 0 aliphatic carbocycles. The van der Waals surface area contributed by atoms with Gasteiger partial charge in [-0.05, 0) is 47.5 Å². The quantitative estimate of drug-likeness (QED) is 0.280. The lowest BCUT2D eigenvalue weighted by Crippen LogP contribution is -2.24. The van der Waals surface area contributed by atoms with Gasteiger partial charge in [-0.3, -0.25) is 20.0 Å². The Balaban J connectivity index is 1.25. The molecule has 1 aromatic carbocycles. The van der Waals surface area contributed by atoms with Gasteiger partial charge < -0.3 is 4.98 Å². The number of halogens is 3. The number of H-pyrrole nitrogens is 2. The zero-order valence-corrected chi connectivity index (χ0v) is 20.6. The van der Waals surface area contributed by atoms with Gasteiger partial charge in [-0.25, -0.2) is 18.2 Å². The summed E-state index contributed by atoms with van der Waals surface area (Å²) in [5.74, 6) is -2.95. The minimum Gasteiger partial charge on any atom is -0.352 e. The van der Waals surface area contributed by atoms with Gasteiger partial charge in [-0.15, -0.1) is 0 Å². The average molecular weight is 526 g/mol. The summed E-state index contributed by atoms with van der Waals surface area (Å²) in [6, 6.07) is 14.1. The van der Waals surface area contributed by atoms with Crippen molar-refractivity contribution in [2.24, 2.45) is 0 Å². The number of likely N-dealkylation sites (tertiary alicyclic amines) is 1. The number of aromatic nitrogens is 6. The lowest BCUT2D eigenvalue weighted by atomic mass is 10.0. The molecule has 6 aromatic rings. The zero-order valence-electron chi connectivity index (χ0n) is 20.6. The van der Waals surface area contributed by atoms with E-state index in [0.717, 1.165) is 44.4 Å². The summed E-state index contributed by atoms with van der Waals surface area (Å²) in [7, 11) is 0. The van der Waals surface area contributed by atoms with Crippen LogP contribution in [0.15, 0.2) is 73.3 Å². The molecule has 1 aliphatic heterocycles. The summed E-state index contributed by atoms with van der Waals surface area (Å²) in [5.41, 5.74) is 7.49. The molecule has 194 valence electrons. The summed E-state index contributed by atoms with van der Waals surface area (Å²) in [5, 5.41) is 8.45. The number of rotatable bonds is 5. The SMILES string of the molecule is Fc1cccc(-c2cncc3[nH]c(-c4n[nH]c5ccc(-c6cncc(CN7CCC(F)(F)C7)c6)nc45)cc23)c1. The van der Waals surface area contributed by atoms with Crippen molar-refractivity contribution in [1.29, 1.82) is 0 Å². The smallest absolute Gasteiger partial charge is 0.261 e. The Kier molecular flexibility index (Phi) is 5.44. The molecule has 2 N–H and O–H groups in total. The van der Waals surface area contributed by atoms with Crippen molar-refractivity contribution in [3.8, 4) is 33.8 Å². The third kappa shape index (κ3) is 4.42. The maximum absolute atomic E-state index is 13.9. The monoisotopic (exact) mass is 525 g/mol. The molecule has 0 saturated carbocycles. The van der Waals surface area contributed by atoms with Crippen LogP contribution in [0.4, 0.5) is 13.2 Å². The number of hydrogen-bond donors (Lipinski definition) is 2. The van der Waals surface area contributed by atoms with E-state index in [1.54, 1.807) is 35.8 Å². The molecule has 0 atom stereocenters. The van der Waals surface area contributed by atoms with Gasteiger partial charge in [0.2, 0.25) is 0 Å². The molecule has 0 radical (unpaired) electrons. The summed E-state index contributed by atoms with van der Waals surface area (Å²) < 4.78 is 41.2. The summed E-state index contributed by atoms with van der Waals surface area (Å²) >= 11 is 0. The van der Waals surface area contributed by atoms with Crippen LogP contribution in [0.2, 0.25) is 0 Å². The summed E-state index contributed by atoms with van der Waals surface area (Å²) in [6.07, 6.45) is 6.75. The van der Waals surface area contributed by atoms with Crippen LogP contribution in [0.3, 0.4) is 0 Å². The largest absolute Gasteiger partial charge is 0.352 e. The molecule has 5 aromatic heterocycles. The Morgan fingerprint density at radius 2 is 1.82 bits per heavy atom. The van der Waals surface area contributed by atoms with E-state index < -0.39 is 5.92 Å². The number of nitrogens with zero attached hydrogens (tertiary/aromatic N) is 5. The molecular weight excluding hydrogens is 503 g/mol. The third-order valence-corrected chi connectivity index (χ3v) is 7.09. The van der Waals surface area contributed by atoms with Crippen LogP contribution in [0.25, 0.3) is 55.7 Å². The zero-order chi connectivity index (χ0) is 26.6. The number of hydrogen-bond acceptors (Lipinski definition) is 5. The fourth-order valence-corrected chi connectivity index (χ4v) is 5.23. The molecule has 6 heterocycles. The molecular formula is C29H22F3N7. The topological polar surface area (TPSA) is 86.4 Å². The van der Waals surface area contributed by atoms with Gasteiger partial charge >= 0.3 is 0 Å². The fourth-order valence-electron chi connectivity index (χ4n) is 5.23. The number of benzene rings is 1. The minimum atomic E-state index is -2.63. The normalized spacial score (nSPS) is 15.5. The van der Waals surface area contributed by atoms with Gasteiger partial charge in [0.1, 0.15) is 17.0 Å². The first-order chi connectivity index (χ1) is 18.9. The lowest BCUT2D eigenvalue weighted by molar-refractivity contribution is 0.0115. The van der Waals surface area contributed by atoms with Crippen molar-refractivity contribution in [3.05, 3.63) is 84.7 Å². The van der Waals surface area contributed by atoms with Crippen molar-refractivity contribution in [2.75, 3.05) is 13.1 Å². The highest BCUT2D eigenvalue weighted by molar-refractivity contribution is 6.00. The maximum atomic E-state index is 13.9. The van der Waals surface area contributed by atoms with Crippen LogP contribution in [-0.2, 0) is 6.54 Å². The van der Waals surface area contributed by atoms with Crippen LogP contribution in [0.1, 0.15) is 12.0 Å². The van der Waals surface area contributed by atoms with E-state index >= 15 is 0 Å². The number of pyridine rings is 3. The second kappa shape index (κ2) is 9.02. The van der Waals surface area contributed by atoms with Crippen molar-refractivity contribution < 1.29 is 13.2 Å². The van der Waals surface area contributed by atoms with Crippen LogP contribution >= 0.6 is 0 Å². The molecule has 1 saturated heterocycles. The number of aromatic amines is 2. The summed E-state index contributed by atoms with van der Waals surface area (Å²) in [6.45, 7) is 0.536. The number of nitrogens with one attached hydrogen (secondary N) is 2. The summed E-state index contributed by atoms with van der Waals surface area (Å²) in [4.78, 5) is 18.7. The Morgan fingerprint density at radius 1 is 0.923 bits per heavy atom. The molecule has 1 fully saturated rings. The maximum Gasteiger partial charge on any atom is 0.261 e. The van der Waals surface area contributed by atoms with Gasteiger partial charge in [0.25, 0.3) is 5.92 Å². The molecule has 7 nitrogen and oxygen atoms in total. The number of alkyl halides is 2. The van der Waals surface area contributed by atoms with Gasteiger partial charge in [-0.2, -0.15) is 5.10 Å². The molecule has 0 unspecified atom stereocenters. The second-order valence-electron chi connectivity index (χ2n) is 9.90. The highest BCUT2D eigenvalue weighted by Gasteiger charge is 2.37. The van der Waals surface area contributed by atoms with E-state index in [0.29, 0.717) is 30.0 Å². The molecule has 39 heavy (non-hydrogen) atoms. The fraction of sp³-hybridized carbons (Fsp3) is 0.172. The Bertz CT molecular complexity index is 1840. The van der Waals surface area contributed by atoms with Gasteiger partial charge in [0, 0.05) is 54.6 Å². The number of fused-ring (bicyclic) bond motifs is 2. The predicted octanol–water partition coefficient (Wildman–Crippen LogP) is 6.21. The van der Waals surface area contributed by atoms with Crippen LogP contribution < -0.4 is 0 Å². The van der Waals surface area contributed by atoms with Crippen molar-refractivity contribution in [3.63, 3.8) is 0 Å². The van der Waals surface area contributed by atoms with E-state index in [4.69, 9.17) is 4.98 Å². The average Bonchev–Trinajstić information content (AvgIpc) is 3.64. The second-order valence-corrected chi connectivity index (χ2v) is 9.90. The van der Waals surface area contributed by atoms with Gasteiger partial charge in [0.05, 0.1) is 35.2 Å². The highest BCUT2D eigenvalue weighted by atomic mass is 19.3. The lowest BCUT2D eigenvalue weighted by Gasteiger charge is -2.15. The molecule has 0 bridgehead atoms. The molecule has 0 amide bonds. The minimum absolute atomic E-state index is 0.116. The van der Waals surface area contributed by atoms with Crippen molar-refractivity contribution >= 4 is 21.9 Å². The highest BCUT2D eigenvalue weighted by Crippen LogP contribution is 2.34. The predicted molar refractivity (Wildman–Crippen MR) is 142 cm³/mol. The third-order valence-electron chi connectivity index (χ3n) is 7.09. The van der Waals surface area contributed by atoms with Gasteiger partial charge in [0.15, 0.2) is 0 Å². The Morgan fingerprint density at radius 3 is 2.67 bits per heavy atom. The van der Waals surface area contributed by atoms with Crippen LogP contribution in [-0.4, -0.2) is 54.0 Å². The van der Waals surface area contributed by atoms with E-state index in [9.17, 15) is 13.2 Å². The van der Waals surface area contributed by atoms with Gasteiger partial charge in [-0.1, -0.05) is 12.1 Å². The molecule has 7 rings (SSSR count). The van der Waals surface area contributed by atoms with E-state index in [2.05, 4.69) is 25.1 Å². The molecule has 10 heteroatoms. The standard InChI is InChI=1S/C29H22F3N7/c30-20-3-1-2-18(9-20)22-13-34-14-26-21(22)10-25(35-26)28-27-24(37-38-28)5-4-23(36-27)19-8-17(11-33-12-19)15-39-7-6-29(31,32)16-39/h1-5,8-14,35H,6-7,15-16H2,(H,37,38). The van der Waals surface area contributed by atoms with E-state index in [-0.39, 0.29) is 18.8 Å². The van der Waals surface area contributed by atoms with E-state index in [1.807, 2.05) is 30.3 Å². The molecule has 1 aliphatic rings.